The molecule has 1 amide bonds. The van der Waals surface area contributed by atoms with Crippen LogP contribution in [-0.4, -0.2) is 50.1 Å². The average Bonchev–Trinajstić information content (AvgIpc) is 3.18. The summed E-state index contributed by atoms with van der Waals surface area (Å²) in [5.74, 6) is 0.876. The summed E-state index contributed by atoms with van der Waals surface area (Å²) < 4.78 is 5.60. The Kier molecular flexibility index (Phi) is 7.06. The van der Waals surface area contributed by atoms with Crippen LogP contribution in [0, 0.1) is 5.41 Å². The number of nitrogens with zero attached hydrogens (tertiary/aromatic N) is 2. The molecule has 2 aliphatic rings. The molecule has 7 heteroatoms. The number of halogens is 1. The van der Waals surface area contributed by atoms with Gasteiger partial charge in [-0.3, -0.25) is 9.79 Å². The SMILES string of the molecule is CN=C(NCc1cccc(NC(C)=O)c1)N1CCC2(CCOC2)C1.I. The highest BCUT2D eigenvalue weighted by Crippen LogP contribution is 2.38. The highest BCUT2D eigenvalue weighted by molar-refractivity contribution is 14.0. The predicted octanol–water partition coefficient (Wildman–Crippen LogP) is 2.45. The largest absolute Gasteiger partial charge is 0.381 e. The molecule has 0 bridgehead atoms. The zero-order chi connectivity index (χ0) is 17.0. The summed E-state index contributed by atoms with van der Waals surface area (Å²) in [4.78, 5) is 17.9. The Hall–Kier alpha value is -1.35. The van der Waals surface area contributed by atoms with Gasteiger partial charge in [0, 0.05) is 51.3 Å². The lowest BCUT2D eigenvalue weighted by Gasteiger charge is -2.25. The van der Waals surface area contributed by atoms with Crippen LogP contribution in [0.25, 0.3) is 0 Å². The summed E-state index contributed by atoms with van der Waals surface area (Å²) >= 11 is 0. The highest BCUT2D eigenvalue weighted by Gasteiger charge is 2.42. The number of aliphatic imine (C=N–C) groups is 1. The van der Waals surface area contributed by atoms with Crippen LogP contribution in [-0.2, 0) is 16.1 Å². The maximum atomic E-state index is 11.2. The van der Waals surface area contributed by atoms with E-state index in [1.807, 2.05) is 31.3 Å². The number of benzene rings is 1. The minimum Gasteiger partial charge on any atom is -0.381 e. The molecule has 1 unspecified atom stereocenters. The molecule has 2 fully saturated rings. The highest BCUT2D eigenvalue weighted by atomic mass is 127. The number of likely N-dealkylation sites (tertiary alicyclic amines) is 1. The number of anilines is 1. The van der Waals surface area contributed by atoms with Gasteiger partial charge in [-0.2, -0.15) is 0 Å². The number of hydrogen-bond donors (Lipinski definition) is 2. The van der Waals surface area contributed by atoms with Crippen molar-refractivity contribution in [2.24, 2.45) is 10.4 Å². The molecule has 0 radical (unpaired) electrons. The van der Waals surface area contributed by atoms with E-state index in [-0.39, 0.29) is 29.9 Å². The summed E-state index contributed by atoms with van der Waals surface area (Å²) in [6, 6.07) is 7.87. The van der Waals surface area contributed by atoms with Gasteiger partial charge < -0.3 is 20.3 Å². The zero-order valence-corrected chi connectivity index (χ0v) is 17.2. The van der Waals surface area contributed by atoms with Crippen LogP contribution >= 0.6 is 24.0 Å². The molecule has 0 aromatic heterocycles. The molecule has 1 aromatic carbocycles. The van der Waals surface area contributed by atoms with Crippen molar-refractivity contribution in [3.8, 4) is 0 Å². The zero-order valence-electron chi connectivity index (χ0n) is 14.9. The van der Waals surface area contributed by atoms with Gasteiger partial charge in [-0.05, 0) is 30.5 Å². The van der Waals surface area contributed by atoms with Crippen molar-refractivity contribution < 1.29 is 9.53 Å². The summed E-state index contributed by atoms with van der Waals surface area (Å²) in [5.41, 5.74) is 2.25. The lowest BCUT2D eigenvalue weighted by Crippen LogP contribution is -2.41. The van der Waals surface area contributed by atoms with Crippen molar-refractivity contribution in [1.29, 1.82) is 0 Å². The van der Waals surface area contributed by atoms with Crippen LogP contribution in [0.3, 0.4) is 0 Å². The van der Waals surface area contributed by atoms with Gasteiger partial charge in [-0.25, -0.2) is 0 Å². The van der Waals surface area contributed by atoms with Gasteiger partial charge in [0.1, 0.15) is 0 Å². The van der Waals surface area contributed by atoms with Gasteiger partial charge in [0.05, 0.1) is 6.61 Å². The fourth-order valence-corrected chi connectivity index (χ4v) is 3.56. The van der Waals surface area contributed by atoms with E-state index in [1.54, 1.807) is 0 Å². The Labute approximate surface area is 166 Å². The van der Waals surface area contributed by atoms with Crippen LogP contribution in [0.1, 0.15) is 25.3 Å². The van der Waals surface area contributed by atoms with Gasteiger partial charge in [-0.1, -0.05) is 12.1 Å². The molecular formula is C18H27IN4O2. The molecule has 2 heterocycles. The van der Waals surface area contributed by atoms with Gasteiger partial charge in [0.15, 0.2) is 5.96 Å². The van der Waals surface area contributed by atoms with E-state index in [4.69, 9.17) is 4.74 Å². The van der Waals surface area contributed by atoms with Crippen LogP contribution in [0.2, 0.25) is 0 Å². The second kappa shape index (κ2) is 8.84. The van der Waals surface area contributed by atoms with Gasteiger partial charge in [0.2, 0.25) is 5.91 Å². The first-order valence-corrected chi connectivity index (χ1v) is 8.50. The van der Waals surface area contributed by atoms with Crippen molar-refractivity contribution in [1.82, 2.24) is 10.2 Å². The molecule has 1 spiro atoms. The number of rotatable bonds is 3. The molecule has 2 N–H and O–H groups in total. The van der Waals surface area contributed by atoms with Crippen LogP contribution in [0.4, 0.5) is 5.69 Å². The van der Waals surface area contributed by atoms with Crippen LogP contribution in [0.5, 0.6) is 0 Å². The lowest BCUT2D eigenvalue weighted by molar-refractivity contribution is -0.114. The topological polar surface area (TPSA) is 66.0 Å². The van der Waals surface area contributed by atoms with Crippen molar-refractivity contribution in [2.75, 3.05) is 38.7 Å². The average molecular weight is 458 g/mol. The Morgan fingerprint density at radius 3 is 2.92 bits per heavy atom. The molecular weight excluding hydrogens is 431 g/mol. The fourth-order valence-electron chi connectivity index (χ4n) is 3.56. The number of carbonyl (C=O) groups excluding carboxylic acids is 1. The van der Waals surface area contributed by atoms with Crippen molar-refractivity contribution >= 4 is 41.5 Å². The molecule has 2 saturated heterocycles. The monoisotopic (exact) mass is 458 g/mol. The molecule has 3 rings (SSSR count). The second-order valence-corrected chi connectivity index (χ2v) is 6.76. The molecule has 25 heavy (non-hydrogen) atoms. The molecule has 138 valence electrons. The van der Waals surface area contributed by atoms with E-state index < -0.39 is 0 Å². The smallest absolute Gasteiger partial charge is 0.221 e. The third kappa shape index (κ3) is 5.07. The number of carbonyl (C=O) groups is 1. The van der Waals surface area contributed by atoms with E-state index in [2.05, 4.69) is 20.5 Å². The van der Waals surface area contributed by atoms with E-state index >= 15 is 0 Å². The minimum atomic E-state index is -0.0583. The number of nitrogens with one attached hydrogen (secondary N) is 2. The summed E-state index contributed by atoms with van der Waals surface area (Å²) in [5, 5.41) is 6.25. The van der Waals surface area contributed by atoms with Crippen molar-refractivity contribution in [3.05, 3.63) is 29.8 Å². The number of guanidine groups is 1. The van der Waals surface area contributed by atoms with Crippen LogP contribution < -0.4 is 10.6 Å². The Morgan fingerprint density at radius 2 is 2.24 bits per heavy atom. The second-order valence-electron chi connectivity index (χ2n) is 6.76. The van der Waals surface area contributed by atoms with Crippen LogP contribution in [0.15, 0.2) is 29.3 Å². The molecule has 0 saturated carbocycles. The van der Waals surface area contributed by atoms with Crippen molar-refractivity contribution in [3.63, 3.8) is 0 Å². The van der Waals surface area contributed by atoms with Crippen molar-refractivity contribution in [2.45, 2.75) is 26.3 Å². The lowest BCUT2D eigenvalue weighted by atomic mass is 9.87. The van der Waals surface area contributed by atoms with E-state index in [9.17, 15) is 4.79 Å². The van der Waals surface area contributed by atoms with E-state index in [1.165, 1.54) is 13.3 Å². The standard InChI is InChI=1S/C18H26N4O2.HI/c1-14(23)21-16-5-3-4-15(10-16)11-20-17(19-2)22-8-6-18(12-22)7-9-24-13-18;/h3-5,10H,6-9,11-13H2,1-2H3,(H,19,20)(H,21,23);1H. The summed E-state index contributed by atoms with van der Waals surface area (Å²) in [6.45, 7) is 5.99. The summed E-state index contributed by atoms with van der Waals surface area (Å²) in [7, 11) is 1.83. The third-order valence-corrected chi connectivity index (χ3v) is 4.83. The molecule has 0 aliphatic carbocycles. The Balaban J connectivity index is 0.00000225. The number of ether oxygens (including phenoxy) is 1. The molecule has 1 atom stereocenters. The normalized spacial score (nSPS) is 22.8. The van der Waals surface area contributed by atoms with Gasteiger partial charge >= 0.3 is 0 Å². The number of hydrogen-bond acceptors (Lipinski definition) is 3. The van der Waals surface area contributed by atoms with E-state index in [0.29, 0.717) is 12.0 Å². The molecule has 6 nitrogen and oxygen atoms in total. The van der Waals surface area contributed by atoms with E-state index in [0.717, 1.165) is 49.9 Å². The number of amides is 1. The summed E-state index contributed by atoms with van der Waals surface area (Å²) in [6.07, 6.45) is 2.32. The minimum absolute atomic E-state index is 0. The fraction of sp³-hybridized carbons (Fsp3) is 0.556. The molecule has 1 aromatic rings. The predicted molar refractivity (Wildman–Crippen MR) is 110 cm³/mol. The quantitative estimate of drug-likeness (QED) is 0.415. The Bertz CT molecular complexity index is 629. The maximum absolute atomic E-state index is 11.2. The van der Waals surface area contributed by atoms with Gasteiger partial charge in [-0.15, -0.1) is 24.0 Å². The third-order valence-electron chi connectivity index (χ3n) is 4.83. The van der Waals surface area contributed by atoms with Gasteiger partial charge in [0.25, 0.3) is 0 Å². The molecule has 2 aliphatic heterocycles. The Morgan fingerprint density at radius 1 is 1.40 bits per heavy atom. The maximum Gasteiger partial charge on any atom is 0.221 e. The first kappa shape index (κ1) is 20.0. The first-order chi connectivity index (χ1) is 11.6. The first-order valence-electron chi connectivity index (χ1n) is 8.50.